The number of fused-ring (bicyclic) bond motifs is 2. The molecule has 2 aliphatic rings. The minimum absolute atomic E-state index is 0.195. The maximum absolute atomic E-state index is 12.6. The van der Waals surface area contributed by atoms with Crippen LogP contribution in [0.1, 0.15) is 44.1 Å². The van der Waals surface area contributed by atoms with Crippen molar-refractivity contribution >= 4 is 16.0 Å². The first-order valence-electron chi connectivity index (χ1n) is 9.81. The Hall–Kier alpha value is -1.66. The molecule has 27 heavy (non-hydrogen) atoms. The number of carboxylic acids is 1. The zero-order valence-corrected chi connectivity index (χ0v) is 16.6. The van der Waals surface area contributed by atoms with Gasteiger partial charge in [0.15, 0.2) is 0 Å². The van der Waals surface area contributed by atoms with E-state index in [4.69, 9.17) is 5.11 Å². The molecule has 4 unspecified atom stereocenters. The third kappa shape index (κ3) is 4.99. The van der Waals surface area contributed by atoms with E-state index in [2.05, 4.69) is 16.9 Å². The number of aryl methyl sites for hydroxylation is 1. The van der Waals surface area contributed by atoms with Crippen LogP contribution in [0, 0.1) is 30.6 Å². The van der Waals surface area contributed by atoms with E-state index >= 15 is 0 Å². The van der Waals surface area contributed by atoms with Gasteiger partial charge in [0.05, 0.1) is 4.90 Å². The average Bonchev–Trinajstić information content (AvgIpc) is 3.21. The molecule has 0 saturated heterocycles. The van der Waals surface area contributed by atoms with Crippen LogP contribution in [0.2, 0.25) is 0 Å². The average molecular weight is 392 g/mol. The van der Waals surface area contributed by atoms with Crippen molar-refractivity contribution in [2.45, 2.75) is 50.3 Å². The van der Waals surface area contributed by atoms with Crippen LogP contribution in [0.25, 0.3) is 0 Å². The second-order valence-corrected chi connectivity index (χ2v) is 9.72. The lowest BCUT2D eigenvalue weighted by Crippen LogP contribution is -2.35. The van der Waals surface area contributed by atoms with Crippen molar-refractivity contribution in [1.82, 2.24) is 4.72 Å². The first-order valence-corrected chi connectivity index (χ1v) is 11.3. The number of carbonyl (C=O) groups is 1. The molecule has 4 atom stereocenters. The van der Waals surface area contributed by atoms with E-state index < -0.39 is 16.0 Å². The van der Waals surface area contributed by atoms with Crippen LogP contribution < -0.4 is 4.72 Å². The molecule has 2 bridgehead atoms. The third-order valence-corrected chi connectivity index (χ3v) is 7.56. The summed E-state index contributed by atoms with van der Waals surface area (Å²) in [5, 5.41) is 8.72. The highest BCUT2D eigenvalue weighted by molar-refractivity contribution is 7.89. The molecule has 0 amide bonds. The van der Waals surface area contributed by atoms with Crippen LogP contribution in [0.3, 0.4) is 0 Å². The molecule has 148 valence electrons. The van der Waals surface area contributed by atoms with Gasteiger partial charge in [0.1, 0.15) is 0 Å². The number of unbranched alkanes of at least 4 members (excludes halogenated alkanes) is 1. The van der Waals surface area contributed by atoms with Crippen LogP contribution in [0.5, 0.6) is 0 Å². The number of carboxylic acid groups (broad SMARTS) is 1. The van der Waals surface area contributed by atoms with E-state index in [0.29, 0.717) is 41.5 Å². The minimum atomic E-state index is -3.48. The molecule has 2 aliphatic carbocycles. The van der Waals surface area contributed by atoms with Gasteiger partial charge in [-0.3, -0.25) is 4.79 Å². The monoisotopic (exact) mass is 391 g/mol. The fourth-order valence-electron chi connectivity index (χ4n) is 4.69. The summed E-state index contributed by atoms with van der Waals surface area (Å²) in [4.78, 5) is 10.9. The molecule has 5 nitrogen and oxygen atoms in total. The number of nitrogens with one attached hydrogen (secondary N) is 1. The summed E-state index contributed by atoms with van der Waals surface area (Å²) in [7, 11) is -3.48. The van der Waals surface area contributed by atoms with Gasteiger partial charge in [0.2, 0.25) is 10.0 Å². The SMILES string of the molecule is Cc1ccc(S(=O)(=O)NCC2C3CCC(C3)C2/C=C/CCCC(=O)O)cc1. The Morgan fingerprint density at radius 3 is 2.63 bits per heavy atom. The van der Waals surface area contributed by atoms with Crippen molar-refractivity contribution in [2.24, 2.45) is 23.7 Å². The van der Waals surface area contributed by atoms with E-state index in [1.54, 1.807) is 12.1 Å². The maximum atomic E-state index is 12.6. The second kappa shape index (κ2) is 8.57. The molecule has 2 N–H and O–H groups in total. The van der Waals surface area contributed by atoms with Crippen molar-refractivity contribution in [3.8, 4) is 0 Å². The van der Waals surface area contributed by atoms with Gasteiger partial charge in [0, 0.05) is 13.0 Å². The fraction of sp³-hybridized carbons (Fsp3) is 0.571. The van der Waals surface area contributed by atoms with Crippen molar-refractivity contribution in [3.63, 3.8) is 0 Å². The molecule has 0 aromatic heterocycles. The highest BCUT2D eigenvalue weighted by atomic mass is 32.2. The van der Waals surface area contributed by atoms with Gasteiger partial charge >= 0.3 is 5.97 Å². The molecule has 0 heterocycles. The van der Waals surface area contributed by atoms with Gasteiger partial charge in [-0.05, 0) is 74.8 Å². The summed E-state index contributed by atoms with van der Waals surface area (Å²) in [6.45, 7) is 2.41. The van der Waals surface area contributed by atoms with Gasteiger partial charge in [-0.15, -0.1) is 0 Å². The third-order valence-electron chi connectivity index (χ3n) is 6.12. The van der Waals surface area contributed by atoms with Gasteiger partial charge in [-0.2, -0.15) is 0 Å². The standard InChI is InChI=1S/C21H29NO4S/c1-15-7-11-18(12-8-15)27(25,26)22-14-20-17-10-9-16(13-17)19(20)5-3-2-4-6-21(23)24/h3,5,7-8,11-12,16-17,19-20,22H,2,4,6,9-10,13-14H2,1H3,(H,23,24)/b5-3+. The zero-order valence-electron chi connectivity index (χ0n) is 15.8. The highest BCUT2D eigenvalue weighted by Crippen LogP contribution is 2.52. The fourth-order valence-corrected chi connectivity index (χ4v) is 5.76. The van der Waals surface area contributed by atoms with Gasteiger partial charge in [-0.1, -0.05) is 29.8 Å². The summed E-state index contributed by atoms with van der Waals surface area (Å²) in [6.07, 6.45) is 9.51. The summed E-state index contributed by atoms with van der Waals surface area (Å²) in [5.41, 5.74) is 1.04. The highest BCUT2D eigenvalue weighted by Gasteiger charge is 2.46. The van der Waals surface area contributed by atoms with E-state index in [1.807, 2.05) is 19.1 Å². The number of rotatable bonds is 9. The molecule has 0 spiro atoms. The smallest absolute Gasteiger partial charge is 0.303 e. The lowest BCUT2D eigenvalue weighted by Gasteiger charge is -2.29. The van der Waals surface area contributed by atoms with Crippen molar-refractivity contribution < 1.29 is 18.3 Å². The molecule has 0 radical (unpaired) electrons. The number of hydrogen-bond donors (Lipinski definition) is 2. The molecular weight excluding hydrogens is 362 g/mol. The first-order chi connectivity index (χ1) is 12.9. The molecule has 1 aromatic rings. The summed E-state index contributed by atoms with van der Waals surface area (Å²) < 4.78 is 28.0. The van der Waals surface area contributed by atoms with Crippen LogP contribution in [-0.4, -0.2) is 26.0 Å². The van der Waals surface area contributed by atoms with Crippen molar-refractivity contribution in [2.75, 3.05) is 6.54 Å². The Balaban J connectivity index is 1.59. The predicted molar refractivity (Wildman–Crippen MR) is 105 cm³/mol. The van der Waals surface area contributed by atoms with Gasteiger partial charge in [-0.25, -0.2) is 13.1 Å². The summed E-state index contributed by atoms with van der Waals surface area (Å²) in [6, 6.07) is 6.93. The zero-order chi connectivity index (χ0) is 19.4. The molecule has 6 heteroatoms. The lowest BCUT2D eigenvalue weighted by atomic mass is 9.79. The van der Waals surface area contributed by atoms with Crippen molar-refractivity contribution in [3.05, 3.63) is 42.0 Å². The molecule has 3 rings (SSSR count). The first kappa shape index (κ1) is 20.1. The summed E-state index contributed by atoms with van der Waals surface area (Å²) in [5.74, 6) is 1.20. The van der Waals surface area contributed by atoms with Gasteiger partial charge in [0.25, 0.3) is 0 Å². The van der Waals surface area contributed by atoms with E-state index in [9.17, 15) is 13.2 Å². The topological polar surface area (TPSA) is 83.5 Å². The number of benzene rings is 1. The van der Waals surface area contributed by atoms with Crippen LogP contribution in [0.15, 0.2) is 41.3 Å². The van der Waals surface area contributed by atoms with E-state index in [0.717, 1.165) is 12.0 Å². The van der Waals surface area contributed by atoms with E-state index in [-0.39, 0.29) is 6.42 Å². The summed E-state index contributed by atoms with van der Waals surface area (Å²) >= 11 is 0. The molecule has 2 fully saturated rings. The Morgan fingerprint density at radius 1 is 1.22 bits per heavy atom. The number of hydrogen-bond acceptors (Lipinski definition) is 3. The Morgan fingerprint density at radius 2 is 1.93 bits per heavy atom. The Kier molecular flexibility index (Phi) is 6.37. The number of sulfonamides is 1. The van der Waals surface area contributed by atoms with Crippen molar-refractivity contribution in [1.29, 1.82) is 0 Å². The molecule has 0 aliphatic heterocycles. The second-order valence-electron chi connectivity index (χ2n) is 7.95. The number of aliphatic carboxylic acids is 1. The minimum Gasteiger partial charge on any atom is -0.481 e. The predicted octanol–water partition coefficient (Wildman–Crippen LogP) is 3.75. The molecule has 2 saturated carbocycles. The van der Waals surface area contributed by atoms with E-state index in [1.165, 1.54) is 19.3 Å². The van der Waals surface area contributed by atoms with Gasteiger partial charge < -0.3 is 5.11 Å². The quantitative estimate of drug-likeness (QED) is 0.496. The largest absolute Gasteiger partial charge is 0.481 e. The maximum Gasteiger partial charge on any atom is 0.303 e. The molecule has 1 aromatic carbocycles. The van der Waals surface area contributed by atoms with Crippen LogP contribution >= 0.6 is 0 Å². The Bertz CT molecular complexity index is 785. The van der Waals surface area contributed by atoms with Crippen LogP contribution in [-0.2, 0) is 14.8 Å². The number of allylic oxidation sites excluding steroid dienone is 2. The normalized spacial score (nSPS) is 27.4. The van der Waals surface area contributed by atoms with Crippen LogP contribution in [0.4, 0.5) is 0 Å². The lowest BCUT2D eigenvalue weighted by molar-refractivity contribution is -0.137. The molecular formula is C21H29NO4S. The Labute approximate surface area is 161 Å².